The van der Waals surface area contributed by atoms with Crippen molar-refractivity contribution < 1.29 is 23.9 Å². The Morgan fingerprint density at radius 3 is 2.60 bits per heavy atom. The normalized spacial score (nSPS) is 17.9. The molecule has 3 heterocycles. The van der Waals surface area contributed by atoms with E-state index in [9.17, 15) is 19.2 Å². The van der Waals surface area contributed by atoms with Gasteiger partial charge in [-0.05, 0) is 50.4 Å². The number of ether oxygens (including phenoxy) is 2. The number of carbonyl (C=O) groups excluding carboxylic acids is 3. The SMILES string of the molecule is CCCCOC(=O)N1CCN(CCCCOCC#Cc2ccc3c(c2)n(C)c(=O)n3C2CCC(=O)NC2=O)CC1. The average molecular weight is 554 g/mol. The molecule has 2 fully saturated rings. The number of piperidine rings is 1. The van der Waals surface area contributed by atoms with Crippen LogP contribution in [0.3, 0.4) is 0 Å². The average Bonchev–Trinajstić information content (AvgIpc) is 3.19. The number of aromatic nitrogens is 2. The molecular weight excluding hydrogens is 514 g/mol. The lowest BCUT2D eigenvalue weighted by Gasteiger charge is -2.34. The van der Waals surface area contributed by atoms with E-state index in [-0.39, 0.29) is 24.1 Å². The first-order chi connectivity index (χ1) is 19.4. The number of imide groups is 1. The highest BCUT2D eigenvalue weighted by Gasteiger charge is 2.31. The van der Waals surface area contributed by atoms with Crippen LogP contribution in [0, 0.1) is 11.8 Å². The maximum atomic E-state index is 12.9. The van der Waals surface area contributed by atoms with E-state index in [0.29, 0.717) is 50.4 Å². The fraction of sp³-hybridized carbons (Fsp3) is 0.586. The molecule has 0 aliphatic carbocycles. The molecule has 1 aromatic carbocycles. The molecule has 3 amide bonds. The van der Waals surface area contributed by atoms with Crippen LogP contribution in [-0.4, -0.2) is 89.4 Å². The highest BCUT2D eigenvalue weighted by Crippen LogP contribution is 2.23. The third-order valence-electron chi connectivity index (χ3n) is 7.38. The topological polar surface area (TPSA) is 115 Å². The number of nitrogens with zero attached hydrogens (tertiary/aromatic N) is 4. The van der Waals surface area contributed by atoms with Crippen molar-refractivity contribution in [1.29, 1.82) is 0 Å². The number of benzene rings is 1. The number of aryl methyl sites for hydroxylation is 1. The fourth-order valence-corrected chi connectivity index (χ4v) is 5.02. The summed E-state index contributed by atoms with van der Waals surface area (Å²) in [4.78, 5) is 52.9. The molecular formula is C29H39N5O6. The molecule has 216 valence electrons. The molecule has 4 rings (SSSR count). The summed E-state index contributed by atoms with van der Waals surface area (Å²) < 4.78 is 13.9. The summed E-state index contributed by atoms with van der Waals surface area (Å²) in [7, 11) is 1.66. The summed E-state index contributed by atoms with van der Waals surface area (Å²) in [5.74, 6) is 5.35. The predicted octanol–water partition coefficient (Wildman–Crippen LogP) is 2.02. The van der Waals surface area contributed by atoms with Crippen molar-refractivity contribution in [1.82, 2.24) is 24.3 Å². The Labute approximate surface area is 234 Å². The number of carbonyl (C=O) groups is 3. The number of nitrogens with one attached hydrogen (secondary N) is 1. The van der Waals surface area contributed by atoms with Gasteiger partial charge >= 0.3 is 11.8 Å². The van der Waals surface area contributed by atoms with Crippen LogP contribution in [0.2, 0.25) is 0 Å². The van der Waals surface area contributed by atoms with Gasteiger partial charge in [-0.2, -0.15) is 0 Å². The van der Waals surface area contributed by atoms with E-state index in [1.807, 2.05) is 12.1 Å². The van der Waals surface area contributed by atoms with E-state index >= 15 is 0 Å². The number of imidazole rings is 1. The molecule has 0 saturated carbocycles. The maximum Gasteiger partial charge on any atom is 0.409 e. The zero-order valence-corrected chi connectivity index (χ0v) is 23.4. The number of amides is 3. The van der Waals surface area contributed by atoms with E-state index in [1.165, 1.54) is 9.13 Å². The fourth-order valence-electron chi connectivity index (χ4n) is 5.02. The van der Waals surface area contributed by atoms with Crippen LogP contribution in [0.15, 0.2) is 23.0 Å². The molecule has 0 radical (unpaired) electrons. The van der Waals surface area contributed by atoms with Gasteiger partial charge in [0.15, 0.2) is 0 Å². The summed E-state index contributed by atoms with van der Waals surface area (Å²) in [5, 5.41) is 2.32. The summed E-state index contributed by atoms with van der Waals surface area (Å²) in [5.41, 5.74) is 1.76. The van der Waals surface area contributed by atoms with Crippen LogP contribution in [0.1, 0.15) is 57.1 Å². The quantitative estimate of drug-likeness (QED) is 0.272. The number of hydrogen-bond acceptors (Lipinski definition) is 7. The predicted molar refractivity (Wildman–Crippen MR) is 150 cm³/mol. The van der Waals surface area contributed by atoms with Gasteiger partial charge in [0.2, 0.25) is 11.8 Å². The first-order valence-electron chi connectivity index (χ1n) is 14.1. The van der Waals surface area contributed by atoms with Gasteiger partial charge in [0.05, 0.1) is 17.6 Å². The van der Waals surface area contributed by atoms with Crippen molar-refractivity contribution in [2.24, 2.45) is 7.05 Å². The van der Waals surface area contributed by atoms with E-state index in [1.54, 1.807) is 18.0 Å². The monoisotopic (exact) mass is 553 g/mol. The van der Waals surface area contributed by atoms with Crippen LogP contribution < -0.4 is 11.0 Å². The minimum atomic E-state index is -0.706. The second-order valence-corrected chi connectivity index (χ2v) is 10.2. The number of unbranched alkanes of at least 4 members (excludes halogenated alkanes) is 2. The Hall–Kier alpha value is -3.62. The van der Waals surface area contributed by atoms with Crippen LogP contribution in [-0.2, 0) is 26.1 Å². The van der Waals surface area contributed by atoms with Gasteiger partial charge in [0.25, 0.3) is 0 Å². The Balaban J connectivity index is 1.17. The third-order valence-corrected chi connectivity index (χ3v) is 7.38. The van der Waals surface area contributed by atoms with Gasteiger partial charge in [-0.25, -0.2) is 9.59 Å². The molecule has 11 heteroatoms. The van der Waals surface area contributed by atoms with Gasteiger partial charge in [-0.3, -0.25) is 28.9 Å². The van der Waals surface area contributed by atoms with Crippen molar-refractivity contribution in [2.45, 2.75) is 51.5 Å². The van der Waals surface area contributed by atoms with Crippen LogP contribution in [0.5, 0.6) is 0 Å². The zero-order valence-electron chi connectivity index (χ0n) is 23.4. The van der Waals surface area contributed by atoms with Gasteiger partial charge < -0.3 is 14.4 Å². The molecule has 0 bridgehead atoms. The van der Waals surface area contributed by atoms with Crippen molar-refractivity contribution in [3.63, 3.8) is 0 Å². The lowest BCUT2D eigenvalue weighted by Crippen LogP contribution is -2.49. The molecule has 40 heavy (non-hydrogen) atoms. The number of rotatable bonds is 10. The van der Waals surface area contributed by atoms with E-state index < -0.39 is 11.9 Å². The van der Waals surface area contributed by atoms with Crippen LogP contribution >= 0.6 is 0 Å². The van der Waals surface area contributed by atoms with Gasteiger partial charge in [-0.1, -0.05) is 25.2 Å². The molecule has 2 aromatic rings. The van der Waals surface area contributed by atoms with Crippen LogP contribution in [0.4, 0.5) is 4.79 Å². The van der Waals surface area contributed by atoms with Crippen molar-refractivity contribution in [2.75, 3.05) is 52.5 Å². The summed E-state index contributed by atoms with van der Waals surface area (Å²) >= 11 is 0. The van der Waals surface area contributed by atoms with Gasteiger partial charge in [0, 0.05) is 51.8 Å². The highest BCUT2D eigenvalue weighted by molar-refractivity contribution is 6.00. The lowest BCUT2D eigenvalue weighted by atomic mass is 10.1. The van der Waals surface area contributed by atoms with Crippen molar-refractivity contribution >= 4 is 28.9 Å². The first-order valence-corrected chi connectivity index (χ1v) is 14.1. The highest BCUT2D eigenvalue weighted by atomic mass is 16.6. The third kappa shape index (κ3) is 7.31. The van der Waals surface area contributed by atoms with Gasteiger partial charge in [0.1, 0.15) is 12.6 Å². The largest absolute Gasteiger partial charge is 0.449 e. The minimum absolute atomic E-state index is 0.197. The molecule has 1 N–H and O–H groups in total. The molecule has 1 unspecified atom stereocenters. The molecule has 2 aliphatic heterocycles. The first kappa shape index (κ1) is 29.4. The summed E-state index contributed by atoms with van der Waals surface area (Å²) in [6, 6.07) is 4.74. The van der Waals surface area contributed by atoms with Crippen LogP contribution in [0.25, 0.3) is 11.0 Å². The number of piperazine rings is 1. The lowest BCUT2D eigenvalue weighted by molar-refractivity contribution is -0.135. The maximum absolute atomic E-state index is 12.9. The van der Waals surface area contributed by atoms with E-state index in [2.05, 4.69) is 29.0 Å². The molecule has 2 aliphatic rings. The standard InChI is InChI=1S/C29H39N5O6/c1-3-4-20-40-29(38)33-16-14-32(15-17-33)13-5-6-18-39-19-7-8-22-9-10-23-25(21-22)31(2)28(37)34(23)24-11-12-26(35)30-27(24)36/h9-10,21,24H,3-6,11-20H2,1-2H3,(H,30,35,36). The second kappa shape index (κ2) is 14.1. The summed E-state index contributed by atoms with van der Waals surface area (Å²) in [6.07, 6.45) is 4.18. The zero-order chi connectivity index (χ0) is 28.5. The van der Waals surface area contributed by atoms with Crippen molar-refractivity contribution in [3.8, 4) is 11.8 Å². The van der Waals surface area contributed by atoms with Crippen molar-refractivity contribution in [3.05, 3.63) is 34.2 Å². The Kier molecular flexibility index (Phi) is 10.4. The molecule has 11 nitrogen and oxygen atoms in total. The number of hydrogen-bond donors (Lipinski definition) is 1. The second-order valence-electron chi connectivity index (χ2n) is 10.2. The molecule has 2 saturated heterocycles. The Morgan fingerprint density at radius 1 is 1.05 bits per heavy atom. The summed E-state index contributed by atoms with van der Waals surface area (Å²) in [6.45, 7) is 7.63. The molecule has 0 spiro atoms. The molecule has 1 atom stereocenters. The molecule has 1 aromatic heterocycles. The Morgan fingerprint density at radius 2 is 1.85 bits per heavy atom. The number of fused-ring (bicyclic) bond motifs is 1. The minimum Gasteiger partial charge on any atom is -0.449 e. The van der Waals surface area contributed by atoms with Gasteiger partial charge in [-0.15, -0.1) is 0 Å². The Bertz CT molecular complexity index is 1330. The van der Waals surface area contributed by atoms with E-state index in [0.717, 1.165) is 50.9 Å². The smallest absolute Gasteiger partial charge is 0.409 e. The van der Waals surface area contributed by atoms with E-state index in [4.69, 9.17) is 9.47 Å².